The molecule has 0 atom stereocenters. The van der Waals surface area contributed by atoms with E-state index in [4.69, 9.17) is 0 Å². The zero-order chi connectivity index (χ0) is 26.3. The normalized spacial score (nSPS) is 12.0. The third kappa shape index (κ3) is 5.25. The number of benzene rings is 2. The third-order valence-corrected chi connectivity index (χ3v) is 4.77. The first kappa shape index (κ1) is 25.6. The second-order valence-electron chi connectivity index (χ2n) is 7.19. The van der Waals surface area contributed by atoms with Gasteiger partial charge in [0.2, 0.25) is 5.75 Å². The number of nitrogens with zero attached hydrogens (tertiary/aromatic N) is 2. The van der Waals surface area contributed by atoms with Gasteiger partial charge < -0.3 is 10.4 Å². The van der Waals surface area contributed by atoms with Gasteiger partial charge in [0, 0.05) is 13.6 Å². The molecule has 3 rings (SSSR count). The Morgan fingerprint density at radius 1 is 1.00 bits per heavy atom. The first-order chi connectivity index (χ1) is 16.1. The fourth-order valence-electron chi connectivity index (χ4n) is 3.07. The van der Waals surface area contributed by atoms with Gasteiger partial charge in [-0.15, -0.1) is 0 Å². The Balaban J connectivity index is 2.00. The molecular formula is C21H13F8N3O3. The van der Waals surface area contributed by atoms with Crippen molar-refractivity contribution in [3.63, 3.8) is 0 Å². The molecule has 2 aromatic carbocycles. The largest absolute Gasteiger partial charge is 0.501 e. The van der Waals surface area contributed by atoms with Crippen molar-refractivity contribution >= 4 is 5.91 Å². The summed E-state index contributed by atoms with van der Waals surface area (Å²) in [7, 11) is 0.999. The van der Waals surface area contributed by atoms with Crippen LogP contribution in [0, 0.1) is 11.6 Å². The monoisotopic (exact) mass is 507 g/mol. The van der Waals surface area contributed by atoms with E-state index < -0.39 is 81.5 Å². The van der Waals surface area contributed by atoms with E-state index in [1.54, 1.807) is 0 Å². The SMILES string of the molecule is Cn1c(-c2c(F)cccc2F)nc(C(=O)NCc2cc(C(F)(F)F)cc(C(F)(F)F)c2)c(O)c1=O. The number of hydrogen-bond acceptors (Lipinski definition) is 4. The number of hydrogen-bond donors (Lipinski definition) is 2. The molecule has 0 radical (unpaired) electrons. The number of nitrogens with one attached hydrogen (secondary N) is 1. The Kier molecular flexibility index (Phi) is 6.59. The summed E-state index contributed by atoms with van der Waals surface area (Å²) >= 11 is 0. The summed E-state index contributed by atoms with van der Waals surface area (Å²) in [4.78, 5) is 28.4. The van der Waals surface area contributed by atoms with Crippen LogP contribution in [0.5, 0.6) is 5.75 Å². The van der Waals surface area contributed by atoms with Crippen LogP contribution in [0.4, 0.5) is 35.1 Å². The molecule has 0 bridgehead atoms. The molecule has 0 aliphatic heterocycles. The zero-order valence-electron chi connectivity index (χ0n) is 17.4. The van der Waals surface area contributed by atoms with E-state index in [-0.39, 0.29) is 6.07 Å². The van der Waals surface area contributed by atoms with Crippen LogP contribution in [0.25, 0.3) is 11.4 Å². The van der Waals surface area contributed by atoms with Crippen LogP contribution in [0.1, 0.15) is 27.2 Å². The molecule has 0 saturated heterocycles. The summed E-state index contributed by atoms with van der Waals surface area (Å²) < 4.78 is 107. The minimum Gasteiger partial charge on any atom is -0.501 e. The first-order valence-electron chi connectivity index (χ1n) is 9.42. The number of carbonyl (C=O) groups excluding carboxylic acids is 1. The van der Waals surface area contributed by atoms with Crippen LogP contribution in [0.3, 0.4) is 0 Å². The molecular weight excluding hydrogens is 494 g/mol. The number of aromatic nitrogens is 2. The molecule has 3 aromatic rings. The summed E-state index contributed by atoms with van der Waals surface area (Å²) in [6.45, 7) is -0.897. The van der Waals surface area contributed by atoms with Crippen molar-refractivity contribution in [2.75, 3.05) is 0 Å². The molecule has 1 heterocycles. The number of alkyl halides is 6. The second-order valence-corrected chi connectivity index (χ2v) is 7.19. The zero-order valence-corrected chi connectivity index (χ0v) is 17.4. The Bertz CT molecular complexity index is 1310. The lowest BCUT2D eigenvalue weighted by Gasteiger charge is -2.15. The molecule has 0 fully saturated rings. The van der Waals surface area contributed by atoms with Crippen LogP contribution in [-0.2, 0) is 25.9 Å². The van der Waals surface area contributed by atoms with Gasteiger partial charge in [-0.05, 0) is 35.9 Å². The van der Waals surface area contributed by atoms with E-state index in [9.17, 15) is 49.8 Å². The number of aromatic hydroxyl groups is 1. The molecule has 2 N–H and O–H groups in total. The van der Waals surface area contributed by atoms with Crippen molar-refractivity contribution in [2.24, 2.45) is 7.05 Å². The van der Waals surface area contributed by atoms with E-state index in [1.165, 1.54) is 0 Å². The number of rotatable bonds is 4. The van der Waals surface area contributed by atoms with Gasteiger partial charge in [-0.2, -0.15) is 26.3 Å². The highest BCUT2D eigenvalue weighted by molar-refractivity contribution is 5.95. The fraction of sp³-hybridized carbons (Fsp3) is 0.190. The van der Waals surface area contributed by atoms with Gasteiger partial charge in [0.1, 0.15) is 17.5 Å². The second kappa shape index (κ2) is 9.00. The number of halogens is 8. The lowest BCUT2D eigenvalue weighted by atomic mass is 10.0. The average Bonchev–Trinajstić information content (AvgIpc) is 2.75. The van der Waals surface area contributed by atoms with Crippen molar-refractivity contribution in [1.82, 2.24) is 14.9 Å². The van der Waals surface area contributed by atoms with Gasteiger partial charge in [-0.25, -0.2) is 13.8 Å². The summed E-state index contributed by atoms with van der Waals surface area (Å²) in [6, 6.07) is 3.32. The summed E-state index contributed by atoms with van der Waals surface area (Å²) in [5.41, 5.74) is -7.00. The topological polar surface area (TPSA) is 84.2 Å². The third-order valence-electron chi connectivity index (χ3n) is 4.77. The van der Waals surface area contributed by atoms with Crippen LogP contribution in [-0.4, -0.2) is 20.6 Å². The lowest BCUT2D eigenvalue weighted by molar-refractivity contribution is -0.143. The summed E-state index contributed by atoms with van der Waals surface area (Å²) in [6.07, 6.45) is -10.2. The Morgan fingerprint density at radius 2 is 1.51 bits per heavy atom. The van der Waals surface area contributed by atoms with Gasteiger partial charge in [0.05, 0.1) is 16.7 Å². The van der Waals surface area contributed by atoms with Gasteiger partial charge in [0.25, 0.3) is 11.5 Å². The quantitative estimate of drug-likeness (QED) is 0.513. The Labute approximate surface area is 190 Å². The molecule has 186 valence electrons. The van der Waals surface area contributed by atoms with E-state index in [2.05, 4.69) is 4.98 Å². The van der Waals surface area contributed by atoms with Gasteiger partial charge in [0.15, 0.2) is 5.69 Å². The van der Waals surface area contributed by atoms with E-state index in [0.717, 1.165) is 25.2 Å². The Morgan fingerprint density at radius 3 is 2.00 bits per heavy atom. The highest BCUT2D eigenvalue weighted by Crippen LogP contribution is 2.36. The predicted octanol–water partition coefficient (Wildman–Crippen LogP) is 4.40. The highest BCUT2D eigenvalue weighted by atomic mass is 19.4. The molecule has 35 heavy (non-hydrogen) atoms. The van der Waals surface area contributed by atoms with Crippen LogP contribution >= 0.6 is 0 Å². The molecule has 0 spiro atoms. The van der Waals surface area contributed by atoms with Crippen molar-refractivity contribution in [1.29, 1.82) is 0 Å². The fourth-order valence-corrected chi connectivity index (χ4v) is 3.07. The average molecular weight is 507 g/mol. The molecule has 0 aliphatic carbocycles. The predicted molar refractivity (Wildman–Crippen MR) is 104 cm³/mol. The van der Waals surface area contributed by atoms with Crippen LogP contribution in [0.15, 0.2) is 41.2 Å². The first-order valence-corrected chi connectivity index (χ1v) is 9.42. The standard InChI is InChI=1S/C21H13F8N3O3/c1-32-17(14-12(22)3-2-4-13(14)23)31-15(16(33)19(32)35)18(34)30-8-9-5-10(20(24,25)26)7-11(6-9)21(27,28)29/h2-7,33H,8H2,1H3,(H,30,34). The van der Waals surface area contributed by atoms with E-state index in [1.807, 2.05) is 5.32 Å². The van der Waals surface area contributed by atoms with Crippen LogP contribution in [0.2, 0.25) is 0 Å². The number of carbonyl (C=O) groups is 1. The van der Waals surface area contributed by atoms with Crippen molar-refractivity contribution in [3.05, 3.63) is 80.8 Å². The van der Waals surface area contributed by atoms with Crippen molar-refractivity contribution in [2.45, 2.75) is 18.9 Å². The van der Waals surface area contributed by atoms with Gasteiger partial charge >= 0.3 is 12.4 Å². The minimum atomic E-state index is -5.12. The molecule has 0 aliphatic rings. The van der Waals surface area contributed by atoms with Crippen molar-refractivity contribution in [3.8, 4) is 17.1 Å². The molecule has 1 amide bonds. The van der Waals surface area contributed by atoms with Gasteiger partial charge in [-0.1, -0.05) is 6.07 Å². The van der Waals surface area contributed by atoms with Gasteiger partial charge in [-0.3, -0.25) is 14.2 Å². The molecule has 1 aromatic heterocycles. The smallest absolute Gasteiger partial charge is 0.416 e. The molecule has 0 unspecified atom stereocenters. The highest BCUT2D eigenvalue weighted by Gasteiger charge is 2.37. The lowest BCUT2D eigenvalue weighted by Crippen LogP contribution is -2.29. The Hall–Kier alpha value is -3.97. The summed E-state index contributed by atoms with van der Waals surface area (Å²) in [5, 5.41) is 12.0. The summed E-state index contributed by atoms with van der Waals surface area (Å²) in [5.74, 6) is -5.68. The minimum absolute atomic E-state index is 0.102. The molecule has 14 heteroatoms. The maximum absolute atomic E-state index is 14.2. The maximum Gasteiger partial charge on any atom is 0.416 e. The van der Waals surface area contributed by atoms with Crippen molar-refractivity contribution < 1.29 is 45.0 Å². The maximum atomic E-state index is 14.2. The molecule has 0 saturated carbocycles. The number of amides is 1. The van der Waals surface area contributed by atoms with Crippen LogP contribution < -0.4 is 10.9 Å². The van der Waals surface area contributed by atoms with E-state index >= 15 is 0 Å². The van der Waals surface area contributed by atoms with E-state index in [0.29, 0.717) is 16.7 Å². The molecule has 6 nitrogen and oxygen atoms in total.